The number of alkyl halides is 1. The first-order chi connectivity index (χ1) is 20.9. The molecule has 2 aliphatic carbocycles. The molecule has 43 heavy (non-hydrogen) atoms. The Bertz CT molecular complexity index is 1550. The number of thiophene rings is 1. The van der Waals surface area contributed by atoms with Crippen molar-refractivity contribution in [2.75, 3.05) is 11.9 Å². The van der Waals surface area contributed by atoms with Gasteiger partial charge < -0.3 is 14.8 Å². The van der Waals surface area contributed by atoms with E-state index in [2.05, 4.69) is 42.0 Å². The van der Waals surface area contributed by atoms with Crippen molar-refractivity contribution in [3.8, 4) is 22.1 Å². The van der Waals surface area contributed by atoms with Crippen molar-refractivity contribution in [1.29, 1.82) is 0 Å². The molecule has 0 bridgehead atoms. The van der Waals surface area contributed by atoms with Gasteiger partial charge in [-0.25, -0.2) is 4.39 Å². The molecule has 2 saturated carbocycles. The van der Waals surface area contributed by atoms with Crippen LogP contribution in [0.4, 0.5) is 4.39 Å². The number of nitrogens with zero attached hydrogens (tertiary/aromatic N) is 2. The van der Waals surface area contributed by atoms with E-state index >= 15 is 0 Å². The molecule has 1 N–H and O–H groups in total. The number of pyridine rings is 2. The average Bonchev–Trinajstić information content (AvgIpc) is 3.68. The summed E-state index contributed by atoms with van der Waals surface area (Å²) in [6, 6.07) is 13.3. The van der Waals surface area contributed by atoms with Gasteiger partial charge in [0.1, 0.15) is 16.9 Å². The zero-order valence-corrected chi connectivity index (χ0v) is 26.5. The molecular weight excluding hydrogens is 633 g/mol. The Kier molecular flexibility index (Phi) is 10.9. The number of halogens is 2. The number of carbonyl (C=O) groups excluding carboxylic acids is 2. The lowest BCUT2D eigenvalue weighted by Crippen LogP contribution is -2.34. The fourth-order valence-corrected chi connectivity index (χ4v) is 5.87. The molecule has 3 heterocycles. The third kappa shape index (κ3) is 8.90. The summed E-state index contributed by atoms with van der Waals surface area (Å²) in [7, 11) is 0. The van der Waals surface area contributed by atoms with E-state index in [1.807, 2.05) is 18.3 Å². The van der Waals surface area contributed by atoms with Crippen molar-refractivity contribution in [1.82, 2.24) is 15.3 Å². The number of ether oxygens (including phenoxy) is 2. The van der Waals surface area contributed by atoms with Gasteiger partial charge in [0.15, 0.2) is 11.6 Å². The molecule has 0 radical (unpaired) electrons. The second-order valence-electron chi connectivity index (χ2n) is 10.9. The minimum Gasteiger partial charge on any atom is -0.465 e. The molecule has 2 aliphatic rings. The molecule has 0 amide bonds. The summed E-state index contributed by atoms with van der Waals surface area (Å²) in [4.78, 5) is 32.4. The SMILES string of the molecule is CCOC(=O)CBr.O=C(Cc1ccc(Oc2ccnc3cc(-c4ccc(CNC5CCC5)cn4)sc23)c(F)c1)CC1CC1. The quantitative estimate of drug-likeness (QED) is 0.122. The van der Waals surface area contributed by atoms with Crippen molar-refractivity contribution in [2.24, 2.45) is 5.92 Å². The normalized spacial score (nSPS) is 14.5. The fraction of sp³-hybridized carbons (Fsp3) is 0.394. The number of carbonyl (C=O) groups is 2. The Labute approximate surface area is 263 Å². The summed E-state index contributed by atoms with van der Waals surface area (Å²) in [6.45, 7) is 3.08. The Morgan fingerprint density at radius 1 is 1.05 bits per heavy atom. The van der Waals surface area contributed by atoms with Crippen molar-refractivity contribution in [3.63, 3.8) is 0 Å². The number of esters is 1. The molecule has 0 saturated heterocycles. The molecule has 4 aromatic rings. The van der Waals surface area contributed by atoms with Crippen molar-refractivity contribution in [2.45, 2.75) is 64.5 Å². The molecule has 1 aromatic carbocycles. The van der Waals surface area contributed by atoms with Crippen LogP contribution in [-0.2, 0) is 27.3 Å². The molecule has 2 fully saturated rings. The summed E-state index contributed by atoms with van der Waals surface area (Å²) in [5, 5.41) is 3.85. The van der Waals surface area contributed by atoms with Gasteiger partial charge in [0.25, 0.3) is 0 Å². The van der Waals surface area contributed by atoms with Crippen LogP contribution in [0, 0.1) is 11.7 Å². The van der Waals surface area contributed by atoms with Gasteiger partial charge in [-0.2, -0.15) is 0 Å². The number of benzene rings is 1. The Morgan fingerprint density at radius 2 is 1.86 bits per heavy atom. The van der Waals surface area contributed by atoms with Gasteiger partial charge in [-0.15, -0.1) is 11.3 Å². The van der Waals surface area contributed by atoms with Gasteiger partial charge >= 0.3 is 5.97 Å². The average molecular weight is 669 g/mol. The van der Waals surface area contributed by atoms with E-state index in [1.165, 1.54) is 42.2 Å². The number of rotatable bonds is 12. The number of ketones is 1. The van der Waals surface area contributed by atoms with E-state index in [0.717, 1.165) is 40.2 Å². The lowest BCUT2D eigenvalue weighted by atomic mass is 9.93. The van der Waals surface area contributed by atoms with Crippen molar-refractivity contribution < 1.29 is 23.5 Å². The van der Waals surface area contributed by atoms with Crippen LogP contribution in [0.5, 0.6) is 11.5 Å². The molecule has 6 rings (SSSR count). The monoisotopic (exact) mass is 667 g/mol. The second-order valence-corrected chi connectivity index (χ2v) is 12.5. The number of fused-ring (bicyclic) bond motifs is 1. The molecule has 3 aromatic heterocycles. The van der Waals surface area contributed by atoms with Crippen LogP contribution in [0.1, 0.15) is 56.6 Å². The Hall–Kier alpha value is -3.21. The maximum absolute atomic E-state index is 14.8. The highest BCUT2D eigenvalue weighted by Gasteiger charge is 2.24. The van der Waals surface area contributed by atoms with E-state index in [9.17, 15) is 14.0 Å². The molecule has 226 valence electrons. The first kappa shape index (κ1) is 31.2. The van der Waals surface area contributed by atoms with Crippen LogP contribution in [0.25, 0.3) is 20.8 Å². The first-order valence-electron chi connectivity index (χ1n) is 14.7. The Morgan fingerprint density at radius 3 is 2.49 bits per heavy atom. The van der Waals surface area contributed by atoms with Crippen LogP contribution in [0.2, 0.25) is 0 Å². The van der Waals surface area contributed by atoms with E-state index in [-0.39, 0.29) is 23.9 Å². The van der Waals surface area contributed by atoms with Crippen LogP contribution in [0.3, 0.4) is 0 Å². The van der Waals surface area contributed by atoms with E-state index in [0.29, 0.717) is 41.6 Å². The highest BCUT2D eigenvalue weighted by molar-refractivity contribution is 9.09. The smallest absolute Gasteiger partial charge is 0.316 e. The van der Waals surface area contributed by atoms with Gasteiger partial charge in [0.2, 0.25) is 0 Å². The standard InChI is InChI=1S/C29H28FN3O2S.C4H7BrO2/c30-23-14-19(13-22(34)12-18-4-5-18)7-9-26(23)35-27-10-11-31-25-15-28(36-29(25)27)24-8-6-20(17-33-24)16-32-21-2-1-3-21;1-2-7-4(6)3-5/h6-11,14-15,17-18,21,32H,1-5,12-13,16H2;2-3H2,1H3. The van der Waals surface area contributed by atoms with E-state index < -0.39 is 5.82 Å². The van der Waals surface area contributed by atoms with Gasteiger partial charge in [-0.05, 0) is 73.9 Å². The number of Topliss-reactive ketones (excluding diaryl/α,β-unsaturated/α-hetero) is 1. The molecule has 0 spiro atoms. The lowest BCUT2D eigenvalue weighted by molar-refractivity contribution is -0.139. The summed E-state index contributed by atoms with van der Waals surface area (Å²) in [5.41, 5.74) is 3.51. The number of nitrogens with one attached hydrogen (secondary N) is 1. The molecule has 7 nitrogen and oxygen atoms in total. The van der Waals surface area contributed by atoms with Crippen LogP contribution in [0.15, 0.2) is 54.9 Å². The van der Waals surface area contributed by atoms with Gasteiger partial charge in [-0.1, -0.05) is 34.5 Å². The highest BCUT2D eigenvalue weighted by Crippen LogP contribution is 2.39. The maximum atomic E-state index is 14.8. The summed E-state index contributed by atoms with van der Waals surface area (Å²) in [5.74, 6) is 0.718. The lowest BCUT2D eigenvalue weighted by Gasteiger charge is -2.26. The number of hydrogen-bond acceptors (Lipinski definition) is 8. The van der Waals surface area contributed by atoms with Crippen LogP contribution in [-0.4, -0.2) is 39.7 Å². The molecular formula is C33H35BrFN3O4S. The summed E-state index contributed by atoms with van der Waals surface area (Å²) < 4.78 is 26.2. The molecule has 0 atom stereocenters. The first-order valence-corrected chi connectivity index (χ1v) is 16.6. The zero-order valence-electron chi connectivity index (χ0n) is 24.1. The van der Waals surface area contributed by atoms with Crippen molar-refractivity contribution >= 4 is 49.2 Å². The summed E-state index contributed by atoms with van der Waals surface area (Å²) >= 11 is 4.47. The third-order valence-electron chi connectivity index (χ3n) is 7.40. The van der Waals surface area contributed by atoms with Gasteiger partial charge in [0.05, 0.1) is 27.4 Å². The van der Waals surface area contributed by atoms with Gasteiger partial charge in [-0.3, -0.25) is 19.6 Å². The molecule has 0 aliphatic heterocycles. The predicted molar refractivity (Wildman–Crippen MR) is 170 cm³/mol. The minimum atomic E-state index is -0.471. The topological polar surface area (TPSA) is 90.4 Å². The highest BCUT2D eigenvalue weighted by atomic mass is 79.9. The maximum Gasteiger partial charge on any atom is 0.316 e. The fourth-order valence-electron chi connectivity index (χ4n) is 4.67. The van der Waals surface area contributed by atoms with Crippen molar-refractivity contribution in [3.05, 3.63) is 71.8 Å². The van der Waals surface area contributed by atoms with E-state index in [1.54, 1.807) is 31.3 Å². The van der Waals surface area contributed by atoms with Gasteiger partial charge in [0, 0.05) is 43.9 Å². The molecule has 0 unspecified atom stereocenters. The molecule has 10 heteroatoms. The largest absolute Gasteiger partial charge is 0.465 e. The zero-order chi connectivity index (χ0) is 30.2. The predicted octanol–water partition coefficient (Wildman–Crippen LogP) is 7.79. The number of aromatic nitrogens is 2. The van der Waals surface area contributed by atoms with E-state index in [4.69, 9.17) is 4.74 Å². The minimum absolute atomic E-state index is 0.136. The Balaban J connectivity index is 0.000000472. The second kappa shape index (κ2) is 15.0. The van der Waals surface area contributed by atoms with Crippen LogP contribution < -0.4 is 10.1 Å². The van der Waals surface area contributed by atoms with Crippen LogP contribution >= 0.6 is 27.3 Å². The number of hydrogen-bond donors (Lipinski definition) is 1. The third-order valence-corrected chi connectivity index (χ3v) is 9.02. The summed E-state index contributed by atoms with van der Waals surface area (Å²) in [6.07, 6.45) is 10.6.